The summed E-state index contributed by atoms with van der Waals surface area (Å²) < 4.78 is 0. The number of carbonyl (C=O) groups is 1. The van der Waals surface area contributed by atoms with Crippen LogP contribution in [0.4, 0.5) is 0 Å². The van der Waals surface area contributed by atoms with Crippen LogP contribution in [0.25, 0.3) is 5.57 Å². The summed E-state index contributed by atoms with van der Waals surface area (Å²) in [4.78, 5) is 10.3. The number of phenolic OH excluding ortho intramolecular Hbond substituents is 1. The number of phenols is 1. The highest BCUT2D eigenvalue weighted by atomic mass is 16.3. The first-order valence-electron chi connectivity index (χ1n) is 3.37. The highest BCUT2D eigenvalue weighted by molar-refractivity contribution is 6.06. The van der Waals surface area contributed by atoms with E-state index >= 15 is 0 Å². The number of carbonyl (C=O) groups excluding carboxylic acids is 1. The first kappa shape index (κ1) is 8.33. The van der Waals surface area contributed by atoms with Crippen LogP contribution in [0, 0.1) is 0 Å². The van der Waals surface area contributed by atoms with Crippen molar-refractivity contribution in [3.05, 3.63) is 36.1 Å². The first-order valence-corrected chi connectivity index (χ1v) is 3.37. The first-order chi connectivity index (χ1) is 5.77. The number of hydrogen-bond donors (Lipinski definition) is 2. The molecule has 0 aromatic heterocycles. The Morgan fingerprint density at radius 2 is 1.83 bits per heavy atom. The van der Waals surface area contributed by atoms with E-state index in [4.69, 9.17) is 10.2 Å². The van der Waals surface area contributed by atoms with E-state index in [9.17, 15) is 4.79 Å². The zero-order valence-corrected chi connectivity index (χ0v) is 6.27. The second kappa shape index (κ2) is 3.57. The van der Waals surface area contributed by atoms with Crippen LogP contribution < -0.4 is 0 Å². The van der Waals surface area contributed by atoms with E-state index in [1.165, 1.54) is 12.1 Å². The molecule has 0 atom stereocenters. The lowest BCUT2D eigenvalue weighted by Crippen LogP contribution is -1.84. The Labute approximate surface area is 69.6 Å². The maximum absolute atomic E-state index is 10.3. The van der Waals surface area contributed by atoms with Gasteiger partial charge in [0.2, 0.25) is 0 Å². The summed E-state index contributed by atoms with van der Waals surface area (Å²) in [5, 5.41) is 17.5. The lowest BCUT2D eigenvalue weighted by Gasteiger charge is -1.97. The number of benzene rings is 1. The molecule has 3 heteroatoms. The Morgan fingerprint density at radius 1 is 1.25 bits per heavy atom. The molecule has 0 unspecified atom stereocenters. The molecule has 62 valence electrons. The number of rotatable bonds is 2. The minimum absolute atomic E-state index is 0.127. The molecule has 3 nitrogen and oxygen atoms in total. The number of hydrogen-bond acceptors (Lipinski definition) is 3. The van der Waals surface area contributed by atoms with Gasteiger partial charge in [0.05, 0.1) is 11.8 Å². The lowest BCUT2D eigenvalue weighted by molar-refractivity contribution is -0.103. The van der Waals surface area contributed by atoms with Crippen LogP contribution in [0.2, 0.25) is 0 Å². The fraction of sp³-hybridized carbons (Fsp3) is 0. The van der Waals surface area contributed by atoms with Gasteiger partial charge in [0, 0.05) is 0 Å². The summed E-state index contributed by atoms with van der Waals surface area (Å²) in [6.45, 7) is 0. The molecule has 0 aliphatic carbocycles. The molecule has 1 aromatic carbocycles. The number of allylic oxidation sites excluding steroid dienone is 1. The van der Waals surface area contributed by atoms with Gasteiger partial charge in [0.15, 0.2) is 6.29 Å². The third-order valence-corrected chi connectivity index (χ3v) is 1.47. The molecule has 0 radical (unpaired) electrons. The van der Waals surface area contributed by atoms with Crippen molar-refractivity contribution in [1.29, 1.82) is 0 Å². The monoisotopic (exact) mass is 164 g/mol. The fourth-order valence-corrected chi connectivity index (χ4v) is 0.827. The molecule has 0 aliphatic rings. The van der Waals surface area contributed by atoms with Crippen molar-refractivity contribution in [2.24, 2.45) is 0 Å². The van der Waals surface area contributed by atoms with E-state index in [2.05, 4.69) is 0 Å². The second-order valence-corrected chi connectivity index (χ2v) is 2.25. The number of aromatic hydroxyl groups is 1. The van der Waals surface area contributed by atoms with Crippen molar-refractivity contribution in [3.63, 3.8) is 0 Å². The lowest BCUT2D eigenvalue weighted by atomic mass is 10.1. The van der Waals surface area contributed by atoms with Gasteiger partial charge in [-0.3, -0.25) is 4.79 Å². The summed E-state index contributed by atoms with van der Waals surface area (Å²) in [6.07, 6.45) is 1.28. The molecule has 0 saturated carbocycles. The molecule has 12 heavy (non-hydrogen) atoms. The van der Waals surface area contributed by atoms with Gasteiger partial charge in [-0.15, -0.1) is 0 Å². The second-order valence-electron chi connectivity index (χ2n) is 2.25. The summed E-state index contributed by atoms with van der Waals surface area (Å²) >= 11 is 0. The minimum Gasteiger partial charge on any atom is -0.515 e. The molecule has 0 spiro atoms. The van der Waals surface area contributed by atoms with Crippen LogP contribution in [0.3, 0.4) is 0 Å². The van der Waals surface area contributed by atoms with E-state index in [0.717, 1.165) is 6.26 Å². The summed E-state index contributed by atoms with van der Waals surface area (Å²) in [5.41, 5.74) is 0.764. The molecule has 0 aliphatic heterocycles. The smallest absolute Gasteiger partial charge is 0.153 e. The maximum atomic E-state index is 10.3. The average Bonchev–Trinajstić information content (AvgIpc) is 2.10. The van der Waals surface area contributed by atoms with Gasteiger partial charge in [0.25, 0.3) is 0 Å². The van der Waals surface area contributed by atoms with Crippen LogP contribution in [0.1, 0.15) is 5.56 Å². The summed E-state index contributed by atoms with van der Waals surface area (Å²) in [5.74, 6) is 0.127. The molecular formula is C9H8O3. The van der Waals surface area contributed by atoms with Crippen LogP contribution in [0.15, 0.2) is 30.5 Å². The van der Waals surface area contributed by atoms with Crippen molar-refractivity contribution < 1.29 is 15.0 Å². The third-order valence-electron chi connectivity index (χ3n) is 1.47. The molecule has 0 fully saturated rings. The number of aliphatic hydroxyl groups is 1. The van der Waals surface area contributed by atoms with Gasteiger partial charge in [-0.05, 0) is 17.7 Å². The highest BCUT2D eigenvalue weighted by Crippen LogP contribution is 2.15. The van der Waals surface area contributed by atoms with Crippen LogP contribution >= 0.6 is 0 Å². The average molecular weight is 164 g/mol. The van der Waals surface area contributed by atoms with Gasteiger partial charge in [0.1, 0.15) is 5.75 Å². The molecule has 0 bridgehead atoms. The van der Waals surface area contributed by atoms with Crippen molar-refractivity contribution in [2.75, 3.05) is 0 Å². The van der Waals surface area contributed by atoms with E-state index in [1.54, 1.807) is 12.1 Å². The summed E-state index contributed by atoms with van der Waals surface area (Å²) in [6, 6.07) is 5.99. The molecule has 0 amide bonds. The third kappa shape index (κ3) is 1.63. The highest BCUT2D eigenvalue weighted by Gasteiger charge is 1.98. The van der Waals surface area contributed by atoms with Crippen LogP contribution in [0.5, 0.6) is 5.75 Å². The zero-order chi connectivity index (χ0) is 8.97. The van der Waals surface area contributed by atoms with Crippen LogP contribution in [-0.2, 0) is 4.79 Å². The van der Waals surface area contributed by atoms with Gasteiger partial charge in [-0.2, -0.15) is 0 Å². The fourth-order valence-electron chi connectivity index (χ4n) is 0.827. The predicted molar refractivity (Wildman–Crippen MR) is 44.8 cm³/mol. The Morgan fingerprint density at radius 3 is 2.25 bits per heavy atom. The Balaban J connectivity index is 3.04. The largest absolute Gasteiger partial charge is 0.515 e. The van der Waals surface area contributed by atoms with Gasteiger partial charge in [-0.1, -0.05) is 12.1 Å². The van der Waals surface area contributed by atoms with E-state index < -0.39 is 0 Å². The van der Waals surface area contributed by atoms with Crippen LogP contribution in [-0.4, -0.2) is 16.5 Å². The van der Waals surface area contributed by atoms with Crippen molar-refractivity contribution in [2.45, 2.75) is 0 Å². The van der Waals surface area contributed by atoms with E-state index in [0.29, 0.717) is 11.8 Å². The molecule has 1 aromatic rings. The molecule has 0 saturated heterocycles. The van der Waals surface area contributed by atoms with E-state index in [1.807, 2.05) is 0 Å². The SMILES string of the molecule is O=CC(=CO)c1ccc(O)cc1. The normalized spacial score (nSPS) is 11.2. The van der Waals surface area contributed by atoms with E-state index in [-0.39, 0.29) is 11.3 Å². The Hall–Kier alpha value is -1.77. The number of aliphatic hydroxyl groups excluding tert-OH is 1. The predicted octanol–water partition coefficient (Wildman–Crippen LogP) is 1.49. The molecule has 2 N–H and O–H groups in total. The minimum atomic E-state index is 0.127. The molecule has 0 heterocycles. The summed E-state index contributed by atoms with van der Waals surface area (Å²) in [7, 11) is 0. The Bertz CT molecular complexity index is 298. The van der Waals surface area contributed by atoms with Gasteiger partial charge < -0.3 is 10.2 Å². The quantitative estimate of drug-likeness (QED) is 0.395. The Kier molecular flexibility index (Phi) is 2.48. The van der Waals surface area contributed by atoms with Gasteiger partial charge >= 0.3 is 0 Å². The zero-order valence-electron chi connectivity index (χ0n) is 6.27. The topological polar surface area (TPSA) is 57.5 Å². The van der Waals surface area contributed by atoms with Crippen molar-refractivity contribution in [1.82, 2.24) is 0 Å². The molecular weight excluding hydrogens is 156 g/mol. The van der Waals surface area contributed by atoms with Crippen molar-refractivity contribution >= 4 is 11.9 Å². The molecule has 1 rings (SSSR count). The van der Waals surface area contributed by atoms with Gasteiger partial charge in [-0.25, -0.2) is 0 Å². The van der Waals surface area contributed by atoms with Crippen molar-refractivity contribution in [3.8, 4) is 5.75 Å². The standard InChI is InChI=1S/C9H8O3/c10-5-8(6-11)7-1-3-9(12)4-2-7/h1-6,10,12H. The maximum Gasteiger partial charge on any atom is 0.153 e. The number of aldehydes is 1.